The Morgan fingerprint density at radius 2 is 2.21 bits per heavy atom. The largest absolute Gasteiger partial charge is 0.492 e. The predicted octanol–water partition coefficient (Wildman–Crippen LogP) is 3.70. The Kier molecular flexibility index (Phi) is 3.96. The van der Waals surface area contributed by atoms with Crippen LogP contribution >= 0.6 is 27.5 Å². The van der Waals surface area contributed by atoms with Crippen LogP contribution in [0.1, 0.15) is 24.2 Å². The number of hydrogen-bond acceptors (Lipinski definition) is 2. The molecule has 0 N–H and O–H groups in total. The summed E-state index contributed by atoms with van der Waals surface area (Å²) < 4.78 is 5.97. The van der Waals surface area contributed by atoms with Crippen molar-refractivity contribution in [2.75, 3.05) is 6.61 Å². The lowest BCUT2D eigenvalue weighted by Crippen LogP contribution is -1.98. The van der Waals surface area contributed by atoms with Crippen LogP contribution in [-0.4, -0.2) is 12.4 Å². The smallest absolute Gasteiger partial charge is 0.161 e. The average molecular weight is 278 g/mol. The fourth-order valence-corrected chi connectivity index (χ4v) is 2.04. The maximum absolute atomic E-state index is 11.2. The average Bonchev–Trinajstić information content (AvgIpc) is 2.09. The molecule has 0 aliphatic carbocycles. The molecule has 2 nitrogen and oxygen atoms in total. The second-order valence-corrected chi connectivity index (χ2v) is 4.01. The van der Waals surface area contributed by atoms with E-state index in [1.54, 1.807) is 12.1 Å². The molecule has 1 rings (SSSR count). The van der Waals surface area contributed by atoms with Gasteiger partial charge in [-0.2, -0.15) is 0 Å². The molecular formula is C10H10BrClO2. The highest BCUT2D eigenvalue weighted by molar-refractivity contribution is 9.10. The third-order valence-electron chi connectivity index (χ3n) is 1.70. The van der Waals surface area contributed by atoms with Crippen molar-refractivity contribution in [1.29, 1.82) is 0 Å². The van der Waals surface area contributed by atoms with Crippen LogP contribution < -0.4 is 4.74 Å². The highest BCUT2D eigenvalue weighted by Crippen LogP contribution is 2.31. The number of rotatable bonds is 3. The Balaban J connectivity index is 3.20. The maximum Gasteiger partial charge on any atom is 0.161 e. The van der Waals surface area contributed by atoms with E-state index in [2.05, 4.69) is 15.9 Å². The molecule has 0 fully saturated rings. The van der Waals surface area contributed by atoms with E-state index in [1.165, 1.54) is 6.92 Å². The number of benzene rings is 1. The van der Waals surface area contributed by atoms with Gasteiger partial charge in [0.1, 0.15) is 5.75 Å². The van der Waals surface area contributed by atoms with Crippen molar-refractivity contribution in [3.8, 4) is 5.75 Å². The summed E-state index contributed by atoms with van der Waals surface area (Å²) in [7, 11) is 0. The lowest BCUT2D eigenvalue weighted by molar-refractivity contribution is 0.101. The molecule has 0 spiro atoms. The van der Waals surface area contributed by atoms with Gasteiger partial charge in [-0.3, -0.25) is 4.79 Å². The van der Waals surface area contributed by atoms with Gasteiger partial charge in [-0.25, -0.2) is 0 Å². The highest BCUT2D eigenvalue weighted by Gasteiger charge is 2.10. The Bertz CT molecular complexity index is 363. The zero-order chi connectivity index (χ0) is 10.7. The van der Waals surface area contributed by atoms with Crippen molar-refractivity contribution in [2.24, 2.45) is 0 Å². The predicted molar refractivity (Wildman–Crippen MR) is 60.3 cm³/mol. The van der Waals surface area contributed by atoms with Crippen molar-refractivity contribution in [1.82, 2.24) is 0 Å². The second kappa shape index (κ2) is 4.80. The lowest BCUT2D eigenvalue weighted by atomic mass is 10.1. The molecule has 0 aromatic heterocycles. The van der Waals surface area contributed by atoms with Gasteiger partial charge in [-0.1, -0.05) is 11.6 Å². The third-order valence-corrected chi connectivity index (χ3v) is 2.65. The van der Waals surface area contributed by atoms with E-state index < -0.39 is 0 Å². The zero-order valence-corrected chi connectivity index (χ0v) is 10.3. The second-order valence-electron chi connectivity index (χ2n) is 2.75. The summed E-state index contributed by atoms with van der Waals surface area (Å²) in [5.41, 5.74) is 0.581. The van der Waals surface area contributed by atoms with Gasteiger partial charge in [-0.05, 0) is 41.9 Å². The van der Waals surface area contributed by atoms with Crippen molar-refractivity contribution < 1.29 is 9.53 Å². The van der Waals surface area contributed by atoms with Crippen molar-refractivity contribution in [3.63, 3.8) is 0 Å². The van der Waals surface area contributed by atoms with Gasteiger partial charge < -0.3 is 4.74 Å². The monoisotopic (exact) mass is 276 g/mol. The van der Waals surface area contributed by atoms with Crippen LogP contribution in [0.3, 0.4) is 0 Å². The van der Waals surface area contributed by atoms with Gasteiger partial charge in [0.15, 0.2) is 5.78 Å². The van der Waals surface area contributed by atoms with Crippen LogP contribution in [0.25, 0.3) is 0 Å². The number of ether oxygens (including phenoxy) is 1. The highest BCUT2D eigenvalue weighted by atomic mass is 79.9. The van der Waals surface area contributed by atoms with E-state index >= 15 is 0 Å². The van der Waals surface area contributed by atoms with E-state index in [9.17, 15) is 4.79 Å². The number of ketones is 1. The molecule has 0 heterocycles. The number of Topliss-reactive ketones (excluding diaryl/α,β-unsaturated/α-hetero) is 1. The molecular weight excluding hydrogens is 267 g/mol. The standard InChI is InChI=1S/C10H10BrClO2/c1-3-14-10-4-7(6(2)13)8(11)5-9(10)12/h4-5H,3H2,1-2H3. The van der Waals surface area contributed by atoms with Crippen LogP contribution in [0.4, 0.5) is 0 Å². The molecule has 0 aliphatic rings. The van der Waals surface area contributed by atoms with Gasteiger partial charge in [-0.15, -0.1) is 0 Å². The molecule has 4 heteroatoms. The van der Waals surface area contributed by atoms with Crippen molar-refractivity contribution in [3.05, 3.63) is 27.2 Å². The van der Waals surface area contributed by atoms with Crippen LogP contribution in [0.5, 0.6) is 5.75 Å². The van der Waals surface area contributed by atoms with E-state index in [4.69, 9.17) is 16.3 Å². The summed E-state index contributed by atoms with van der Waals surface area (Å²) in [5.74, 6) is 0.525. The summed E-state index contributed by atoms with van der Waals surface area (Å²) in [4.78, 5) is 11.2. The number of carbonyl (C=O) groups excluding carboxylic acids is 1. The van der Waals surface area contributed by atoms with Crippen LogP contribution in [-0.2, 0) is 0 Å². The minimum Gasteiger partial charge on any atom is -0.492 e. The van der Waals surface area contributed by atoms with E-state index in [-0.39, 0.29) is 5.78 Å². The number of halogens is 2. The first-order valence-electron chi connectivity index (χ1n) is 4.19. The van der Waals surface area contributed by atoms with Gasteiger partial charge >= 0.3 is 0 Å². The Labute approximate surface area is 96.3 Å². The molecule has 0 saturated carbocycles. The summed E-state index contributed by atoms with van der Waals surface area (Å²) in [6.07, 6.45) is 0. The molecule has 0 radical (unpaired) electrons. The topological polar surface area (TPSA) is 26.3 Å². The van der Waals surface area contributed by atoms with Crippen LogP contribution in [0.2, 0.25) is 5.02 Å². The Hall–Kier alpha value is -0.540. The van der Waals surface area contributed by atoms with Gasteiger partial charge in [0.05, 0.1) is 11.6 Å². The molecule has 0 unspecified atom stereocenters. The van der Waals surface area contributed by atoms with Crippen molar-refractivity contribution in [2.45, 2.75) is 13.8 Å². The fraction of sp³-hybridized carbons (Fsp3) is 0.300. The molecule has 0 amide bonds. The van der Waals surface area contributed by atoms with E-state index in [1.807, 2.05) is 6.92 Å². The van der Waals surface area contributed by atoms with Crippen LogP contribution in [0.15, 0.2) is 16.6 Å². The Morgan fingerprint density at radius 1 is 1.57 bits per heavy atom. The van der Waals surface area contributed by atoms with Crippen molar-refractivity contribution >= 4 is 33.3 Å². The fourth-order valence-electron chi connectivity index (χ4n) is 1.07. The number of carbonyl (C=O) groups is 1. The maximum atomic E-state index is 11.2. The molecule has 76 valence electrons. The van der Waals surface area contributed by atoms with E-state index in [0.29, 0.717) is 27.4 Å². The van der Waals surface area contributed by atoms with Gasteiger partial charge in [0.2, 0.25) is 0 Å². The zero-order valence-electron chi connectivity index (χ0n) is 7.93. The molecule has 0 saturated heterocycles. The SMILES string of the molecule is CCOc1cc(C(C)=O)c(Br)cc1Cl. The van der Waals surface area contributed by atoms with Crippen LogP contribution in [0, 0.1) is 0 Å². The van der Waals surface area contributed by atoms with E-state index in [0.717, 1.165) is 0 Å². The van der Waals surface area contributed by atoms with Gasteiger partial charge in [0.25, 0.3) is 0 Å². The van der Waals surface area contributed by atoms with Gasteiger partial charge in [0, 0.05) is 10.0 Å². The molecule has 1 aromatic rings. The first kappa shape index (κ1) is 11.5. The summed E-state index contributed by atoms with van der Waals surface area (Å²) in [6.45, 7) is 3.90. The third kappa shape index (κ3) is 2.49. The molecule has 0 bridgehead atoms. The summed E-state index contributed by atoms with van der Waals surface area (Å²) >= 11 is 9.19. The first-order valence-corrected chi connectivity index (χ1v) is 5.36. The quantitative estimate of drug-likeness (QED) is 0.787. The minimum absolute atomic E-state index is 0.0190. The number of hydrogen-bond donors (Lipinski definition) is 0. The molecule has 1 aromatic carbocycles. The molecule has 0 atom stereocenters. The molecule has 0 aliphatic heterocycles. The molecule has 14 heavy (non-hydrogen) atoms. The first-order chi connectivity index (χ1) is 6.56. The summed E-state index contributed by atoms with van der Waals surface area (Å²) in [5, 5.41) is 0.503. The normalized spacial score (nSPS) is 10.0. The summed E-state index contributed by atoms with van der Waals surface area (Å²) in [6, 6.07) is 3.32. The minimum atomic E-state index is -0.0190. The Morgan fingerprint density at radius 3 is 2.71 bits per heavy atom. The lowest BCUT2D eigenvalue weighted by Gasteiger charge is -2.08.